The van der Waals surface area contributed by atoms with E-state index in [1.807, 2.05) is 30.5 Å². The van der Waals surface area contributed by atoms with E-state index in [-0.39, 0.29) is 18.0 Å². The first-order valence-corrected chi connectivity index (χ1v) is 15.1. The van der Waals surface area contributed by atoms with Crippen LogP contribution in [0.1, 0.15) is 65.5 Å². The topological polar surface area (TPSA) is 79.2 Å². The molecule has 0 spiro atoms. The van der Waals surface area contributed by atoms with Gasteiger partial charge < -0.3 is 14.8 Å². The van der Waals surface area contributed by atoms with Gasteiger partial charge in [-0.1, -0.05) is 19.1 Å². The van der Waals surface area contributed by atoms with E-state index in [9.17, 15) is 9.18 Å². The molecule has 1 saturated carbocycles. The highest BCUT2D eigenvalue weighted by Crippen LogP contribution is 2.48. The number of likely N-dealkylation sites (tertiary alicyclic amines) is 1. The zero-order valence-corrected chi connectivity index (χ0v) is 24.9. The van der Waals surface area contributed by atoms with Gasteiger partial charge in [-0.2, -0.15) is 0 Å². The number of benzene rings is 1. The van der Waals surface area contributed by atoms with Crippen molar-refractivity contribution in [1.82, 2.24) is 24.4 Å². The van der Waals surface area contributed by atoms with Gasteiger partial charge in [-0.05, 0) is 83.2 Å². The zero-order chi connectivity index (χ0) is 29.3. The fraction of sp³-hybridized carbons (Fsp3) is 0.455. The molecule has 2 aliphatic heterocycles. The molecule has 42 heavy (non-hydrogen) atoms. The number of amides is 1. The molecule has 1 N–H and O–H groups in total. The van der Waals surface area contributed by atoms with Gasteiger partial charge in [0.2, 0.25) is 5.91 Å². The number of anilines is 3. The summed E-state index contributed by atoms with van der Waals surface area (Å²) in [5.74, 6) is 0.993. The molecule has 0 bridgehead atoms. The van der Waals surface area contributed by atoms with Crippen molar-refractivity contribution in [1.29, 1.82) is 0 Å². The Labute approximate surface area is 246 Å². The standard InChI is InChI=1S/C33H38FN7O/c1-19(2)40-18-36-28-15-27(38-31(30(28)40)37-26-8-10-35-16-25(26)34)21-6-7-24-29(12-21)41(32(42)33(24,4)5)23-13-22(14-23)39-11-9-20(3)17-39/h6-8,10,12,15-16,18-20,22-23H,9,11,13-14,17H2,1-5H3,(H,35,37,38)/t20-,22-,23+/m1/s1. The maximum Gasteiger partial charge on any atom is 0.237 e. The number of aromatic nitrogens is 4. The zero-order valence-electron chi connectivity index (χ0n) is 24.9. The Kier molecular flexibility index (Phi) is 6.34. The minimum atomic E-state index is -0.583. The van der Waals surface area contributed by atoms with Crippen LogP contribution in [-0.2, 0) is 10.2 Å². The predicted octanol–water partition coefficient (Wildman–Crippen LogP) is 6.45. The van der Waals surface area contributed by atoms with Crippen molar-refractivity contribution >= 4 is 34.1 Å². The second-order valence-electron chi connectivity index (χ2n) is 13.1. The van der Waals surface area contributed by atoms with E-state index in [4.69, 9.17) is 4.98 Å². The van der Waals surface area contributed by atoms with Gasteiger partial charge in [0.1, 0.15) is 5.52 Å². The summed E-state index contributed by atoms with van der Waals surface area (Å²) in [7, 11) is 0. The van der Waals surface area contributed by atoms with Crippen LogP contribution in [0, 0.1) is 11.7 Å². The van der Waals surface area contributed by atoms with E-state index in [0.717, 1.165) is 53.2 Å². The molecule has 0 radical (unpaired) electrons. The molecule has 3 aliphatic rings. The van der Waals surface area contributed by atoms with Crippen molar-refractivity contribution in [3.05, 3.63) is 60.4 Å². The number of carbonyl (C=O) groups is 1. The van der Waals surface area contributed by atoms with Crippen LogP contribution in [0.15, 0.2) is 49.1 Å². The van der Waals surface area contributed by atoms with Crippen LogP contribution >= 0.6 is 0 Å². The van der Waals surface area contributed by atoms with E-state index in [1.54, 1.807) is 18.6 Å². The largest absolute Gasteiger partial charge is 0.336 e. The number of hydrogen-bond donors (Lipinski definition) is 1. The Bertz CT molecular complexity index is 1690. The summed E-state index contributed by atoms with van der Waals surface area (Å²) in [6.07, 6.45) is 7.83. The lowest BCUT2D eigenvalue weighted by Gasteiger charge is -2.46. The number of imidazole rings is 1. The van der Waals surface area contributed by atoms with Crippen molar-refractivity contribution < 1.29 is 9.18 Å². The average molecular weight is 568 g/mol. The third-order valence-corrected chi connectivity index (χ3v) is 9.54. The number of carbonyl (C=O) groups excluding carboxylic acids is 1. The Morgan fingerprint density at radius 3 is 2.64 bits per heavy atom. The number of rotatable bonds is 6. The van der Waals surface area contributed by atoms with Crippen LogP contribution in [0.25, 0.3) is 22.3 Å². The molecule has 4 aromatic rings. The minimum absolute atomic E-state index is 0.141. The molecule has 1 aromatic carbocycles. The highest BCUT2D eigenvalue weighted by molar-refractivity contribution is 6.08. The molecule has 5 heterocycles. The van der Waals surface area contributed by atoms with Crippen LogP contribution in [0.3, 0.4) is 0 Å². The fourth-order valence-corrected chi connectivity index (χ4v) is 6.97. The molecule has 9 heteroatoms. The second-order valence-corrected chi connectivity index (χ2v) is 13.1. The van der Waals surface area contributed by atoms with Gasteiger partial charge >= 0.3 is 0 Å². The van der Waals surface area contributed by atoms with Crippen LogP contribution in [0.2, 0.25) is 0 Å². The second kappa shape index (κ2) is 9.87. The highest BCUT2D eigenvalue weighted by atomic mass is 19.1. The monoisotopic (exact) mass is 567 g/mol. The summed E-state index contributed by atoms with van der Waals surface area (Å²) >= 11 is 0. The predicted molar refractivity (Wildman–Crippen MR) is 164 cm³/mol. The van der Waals surface area contributed by atoms with Gasteiger partial charge in [-0.25, -0.2) is 14.4 Å². The van der Waals surface area contributed by atoms with E-state index >= 15 is 0 Å². The highest BCUT2D eigenvalue weighted by Gasteiger charge is 2.50. The molecule has 1 aliphatic carbocycles. The molecular weight excluding hydrogens is 529 g/mol. The average Bonchev–Trinajstić information content (AvgIpc) is 3.61. The molecule has 218 valence electrons. The lowest BCUT2D eigenvalue weighted by atomic mass is 9.83. The van der Waals surface area contributed by atoms with Crippen molar-refractivity contribution in [3.63, 3.8) is 0 Å². The van der Waals surface area contributed by atoms with E-state index in [2.05, 4.69) is 58.0 Å². The lowest BCUT2D eigenvalue weighted by Crippen LogP contribution is -2.55. The van der Waals surface area contributed by atoms with E-state index < -0.39 is 11.2 Å². The number of nitrogens with zero attached hydrogens (tertiary/aromatic N) is 6. The Morgan fingerprint density at radius 1 is 1.12 bits per heavy atom. The Morgan fingerprint density at radius 2 is 1.93 bits per heavy atom. The van der Waals surface area contributed by atoms with Crippen molar-refractivity contribution in [3.8, 4) is 11.3 Å². The summed E-state index contributed by atoms with van der Waals surface area (Å²) in [5, 5.41) is 3.20. The minimum Gasteiger partial charge on any atom is -0.336 e. The van der Waals surface area contributed by atoms with Crippen molar-refractivity contribution in [2.24, 2.45) is 5.92 Å². The van der Waals surface area contributed by atoms with Gasteiger partial charge in [-0.3, -0.25) is 14.7 Å². The Hall–Kier alpha value is -3.85. The van der Waals surface area contributed by atoms with Crippen LogP contribution in [0.5, 0.6) is 0 Å². The molecule has 0 unspecified atom stereocenters. The van der Waals surface area contributed by atoms with Gasteiger partial charge in [0.05, 0.1) is 34.8 Å². The smallest absolute Gasteiger partial charge is 0.237 e. The van der Waals surface area contributed by atoms with Crippen molar-refractivity contribution in [2.75, 3.05) is 23.3 Å². The Balaban J connectivity index is 1.27. The van der Waals surface area contributed by atoms with Crippen LogP contribution in [0.4, 0.5) is 21.6 Å². The van der Waals surface area contributed by atoms with E-state index in [1.165, 1.54) is 19.2 Å². The normalized spacial score (nSPS) is 23.5. The first kappa shape index (κ1) is 27.0. The summed E-state index contributed by atoms with van der Waals surface area (Å²) < 4.78 is 16.7. The lowest BCUT2D eigenvalue weighted by molar-refractivity contribution is -0.123. The molecule has 1 saturated heterocycles. The molecule has 8 nitrogen and oxygen atoms in total. The quantitative estimate of drug-likeness (QED) is 0.288. The summed E-state index contributed by atoms with van der Waals surface area (Å²) in [6, 6.07) is 10.7. The van der Waals surface area contributed by atoms with E-state index in [0.29, 0.717) is 23.2 Å². The molecular formula is C33H38FN7O. The fourth-order valence-electron chi connectivity index (χ4n) is 6.97. The van der Waals surface area contributed by atoms with Crippen molar-refractivity contribution in [2.45, 2.75) is 77.4 Å². The van der Waals surface area contributed by atoms with Gasteiger partial charge in [-0.15, -0.1) is 0 Å². The first-order chi connectivity index (χ1) is 20.1. The third-order valence-electron chi connectivity index (χ3n) is 9.54. The SMILES string of the molecule is CC(C)n1cnc2cc(-c3ccc4c(c3)N([C@H]3C[C@@H](N5CC[C@@H](C)C5)C3)C(=O)C4(C)C)nc(Nc3ccncc3F)c21. The number of fused-ring (bicyclic) bond motifs is 2. The number of pyridine rings is 2. The maximum absolute atomic E-state index is 14.6. The van der Waals surface area contributed by atoms with Crippen LogP contribution < -0.4 is 10.2 Å². The first-order valence-electron chi connectivity index (χ1n) is 15.1. The number of nitrogens with one attached hydrogen (secondary N) is 1. The molecule has 1 atom stereocenters. The molecule has 2 fully saturated rings. The summed E-state index contributed by atoms with van der Waals surface area (Å²) in [4.78, 5) is 32.1. The molecule has 1 amide bonds. The van der Waals surface area contributed by atoms with Gasteiger partial charge in [0.25, 0.3) is 0 Å². The number of hydrogen-bond acceptors (Lipinski definition) is 6. The maximum atomic E-state index is 14.6. The summed E-state index contributed by atoms with van der Waals surface area (Å²) in [5.41, 5.74) is 4.93. The van der Waals surface area contributed by atoms with Crippen LogP contribution in [-0.4, -0.2) is 55.5 Å². The summed E-state index contributed by atoms with van der Waals surface area (Å²) in [6.45, 7) is 12.9. The van der Waals surface area contributed by atoms with Gasteiger partial charge in [0.15, 0.2) is 11.6 Å². The van der Waals surface area contributed by atoms with Gasteiger partial charge in [0, 0.05) is 42.1 Å². The molecule has 3 aromatic heterocycles. The number of halogens is 1. The molecule has 7 rings (SSSR count). The third kappa shape index (κ3) is 4.28.